The van der Waals surface area contributed by atoms with Gasteiger partial charge < -0.3 is 25.6 Å². The molecule has 2 aromatic heterocycles. The average molecular weight is 445 g/mol. The number of aliphatic hydroxyl groups excluding tert-OH is 2. The third-order valence-electron chi connectivity index (χ3n) is 4.93. The van der Waals surface area contributed by atoms with Gasteiger partial charge in [0.1, 0.15) is 30.2 Å². The second kappa shape index (κ2) is 8.11. The zero-order valence-corrected chi connectivity index (χ0v) is 16.4. The molecule has 2 fully saturated rings. The Bertz CT molecular complexity index is 975. The summed E-state index contributed by atoms with van der Waals surface area (Å²) in [4.78, 5) is 32.6. The van der Waals surface area contributed by atoms with E-state index in [1.54, 1.807) is 0 Å². The van der Waals surface area contributed by atoms with E-state index < -0.39 is 45.2 Å². The zero-order chi connectivity index (χ0) is 21.5. The summed E-state index contributed by atoms with van der Waals surface area (Å²) < 4.78 is 29.1. The SMILES string of the molecule is Nc1ncnc2c1ncn2[C@@H]1O[C@H](COP(=O)(O)O[C@H]2CCCN2N=O)[C@@H](O)[C@H]1O. The first-order chi connectivity index (χ1) is 14.3. The van der Waals surface area contributed by atoms with Gasteiger partial charge in [0.05, 0.1) is 18.2 Å². The minimum absolute atomic E-state index is 0.135. The molecule has 0 aromatic carbocycles. The van der Waals surface area contributed by atoms with E-state index in [4.69, 9.17) is 19.5 Å². The molecule has 15 nitrogen and oxygen atoms in total. The van der Waals surface area contributed by atoms with E-state index in [9.17, 15) is 24.6 Å². The van der Waals surface area contributed by atoms with E-state index in [0.29, 0.717) is 24.9 Å². The summed E-state index contributed by atoms with van der Waals surface area (Å²) in [7, 11) is -4.59. The number of rotatable bonds is 7. The molecule has 1 unspecified atom stereocenters. The van der Waals surface area contributed by atoms with Crippen LogP contribution < -0.4 is 5.73 Å². The summed E-state index contributed by atoms with van der Waals surface area (Å²) >= 11 is 0. The lowest BCUT2D eigenvalue weighted by molar-refractivity contribution is -0.0555. The van der Waals surface area contributed by atoms with E-state index in [-0.39, 0.29) is 11.5 Å². The number of fused-ring (bicyclic) bond motifs is 1. The van der Waals surface area contributed by atoms with Crippen LogP contribution in [0.25, 0.3) is 11.2 Å². The van der Waals surface area contributed by atoms with E-state index in [1.807, 2.05) is 0 Å². The predicted molar refractivity (Wildman–Crippen MR) is 98.0 cm³/mol. The van der Waals surface area contributed by atoms with Crippen LogP contribution in [0.5, 0.6) is 0 Å². The standard InChI is InChI=1S/C14H20N7O8P/c15-12-9-13(17-5-16-12)20(6-18-9)14-11(23)10(22)7(28-14)4-27-30(25,26)29-8-2-1-3-21(8)19-24/h5-8,10-11,14,22-23H,1-4H2,(H,25,26)(H2,15,16,17)/t7-,8+,10-,11-,14-/m1/s1. The molecule has 0 bridgehead atoms. The molecular weight excluding hydrogens is 425 g/mol. The Kier molecular flexibility index (Phi) is 5.67. The highest BCUT2D eigenvalue weighted by Crippen LogP contribution is 2.47. The molecule has 6 atom stereocenters. The second-order valence-corrected chi connectivity index (χ2v) is 8.25. The molecule has 2 aliphatic heterocycles. The van der Waals surface area contributed by atoms with Crippen LogP contribution >= 0.6 is 7.82 Å². The van der Waals surface area contributed by atoms with Crippen LogP contribution in [0.4, 0.5) is 5.82 Å². The summed E-state index contributed by atoms with van der Waals surface area (Å²) in [6, 6.07) is 0. The summed E-state index contributed by atoms with van der Waals surface area (Å²) in [6.07, 6.45) is -2.64. The van der Waals surface area contributed by atoms with Crippen LogP contribution in [0.15, 0.2) is 17.9 Å². The Hall–Kier alpha value is -2.26. The fourth-order valence-electron chi connectivity index (χ4n) is 3.43. The fourth-order valence-corrected chi connectivity index (χ4v) is 4.34. The highest BCUT2D eigenvalue weighted by atomic mass is 31.2. The number of hydrogen-bond acceptors (Lipinski definition) is 12. The lowest BCUT2D eigenvalue weighted by Gasteiger charge is -2.22. The minimum atomic E-state index is -4.59. The van der Waals surface area contributed by atoms with Crippen molar-refractivity contribution in [1.82, 2.24) is 24.5 Å². The number of nitrogen functional groups attached to an aromatic ring is 1. The number of nitroso groups, excluding NO2 is 1. The van der Waals surface area contributed by atoms with Gasteiger partial charge >= 0.3 is 7.82 Å². The highest BCUT2D eigenvalue weighted by Gasteiger charge is 2.46. The van der Waals surface area contributed by atoms with Crippen LogP contribution in [0.2, 0.25) is 0 Å². The first kappa shape index (κ1) is 21.0. The lowest BCUT2D eigenvalue weighted by atomic mass is 10.1. The Balaban J connectivity index is 1.42. The minimum Gasteiger partial charge on any atom is -0.387 e. The number of phosphoric acid groups is 1. The topological polar surface area (TPSA) is 208 Å². The number of nitrogens with two attached hydrogens (primary N) is 1. The van der Waals surface area contributed by atoms with Crippen LogP contribution in [0, 0.1) is 4.91 Å². The van der Waals surface area contributed by atoms with Crippen molar-refractivity contribution in [2.75, 3.05) is 18.9 Å². The number of aliphatic hydroxyl groups is 2. The molecular formula is C14H20N7O8P. The third kappa shape index (κ3) is 3.88. The van der Waals surface area contributed by atoms with Gasteiger partial charge in [-0.25, -0.2) is 24.5 Å². The van der Waals surface area contributed by atoms with Crippen molar-refractivity contribution in [3.8, 4) is 0 Å². The number of anilines is 1. The van der Waals surface area contributed by atoms with E-state index in [2.05, 4.69) is 20.2 Å². The molecule has 0 radical (unpaired) electrons. The van der Waals surface area contributed by atoms with Gasteiger partial charge in [-0.3, -0.25) is 13.6 Å². The van der Waals surface area contributed by atoms with Crippen molar-refractivity contribution in [3.05, 3.63) is 17.6 Å². The van der Waals surface area contributed by atoms with Crippen molar-refractivity contribution in [1.29, 1.82) is 0 Å². The molecule has 16 heteroatoms. The molecule has 2 saturated heterocycles. The smallest absolute Gasteiger partial charge is 0.387 e. The number of hydrogen-bond donors (Lipinski definition) is 4. The average Bonchev–Trinajstić information content (AvgIpc) is 3.40. The van der Waals surface area contributed by atoms with Crippen molar-refractivity contribution in [2.24, 2.45) is 5.29 Å². The molecule has 5 N–H and O–H groups in total. The molecule has 2 aliphatic rings. The monoisotopic (exact) mass is 445 g/mol. The molecule has 164 valence electrons. The van der Waals surface area contributed by atoms with E-state index >= 15 is 0 Å². The summed E-state index contributed by atoms with van der Waals surface area (Å²) in [5.74, 6) is 0.135. The van der Waals surface area contributed by atoms with Crippen LogP contribution in [0.3, 0.4) is 0 Å². The van der Waals surface area contributed by atoms with Crippen LogP contribution in [0.1, 0.15) is 19.1 Å². The summed E-state index contributed by atoms with van der Waals surface area (Å²) in [6.45, 7) is -0.257. The predicted octanol–water partition coefficient (Wildman–Crippen LogP) is -0.735. The summed E-state index contributed by atoms with van der Waals surface area (Å²) in [5.41, 5.74) is 6.31. The van der Waals surface area contributed by atoms with Crippen molar-refractivity contribution in [3.63, 3.8) is 0 Å². The Morgan fingerprint density at radius 2 is 2.13 bits per heavy atom. The molecule has 2 aromatic rings. The zero-order valence-electron chi connectivity index (χ0n) is 15.5. The number of imidazole rings is 1. The molecule has 30 heavy (non-hydrogen) atoms. The molecule has 0 amide bonds. The van der Waals surface area contributed by atoms with Crippen LogP contribution in [-0.2, 0) is 18.3 Å². The van der Waals surface area contributed by atoms with Gasteiger partial charge in [0.15, 0.2) is 23.9 Å². The van der Waals surface area contributed by atoms with Crippen molar-refractivity contribution < 1.29 is 33.5 Å². The van der Waals surface area contributed by atoms with Gasteiger partial charge in [0.2, 0.25) is 0 Å². The maximum absolute atomic E-state index is 12.2. The van der Waals surface area contributed by atoms with E-state index in [0.717, 1.165) is 5.01 Å². The number of nitrogens with zero attached hydrogens (tertiary/aromatic N) is 6. The highest BCUT2D eigenvalue weighted by molar-refractivity contribution is 7.47. The van der Waals surface area contributed by atoms with Gasteiger partial charge in [-0.2, -0.15) is 0 Å². The molecule has 4 heterocycles. The molecule has 0 spiro atoms. The normalized spacial score (nSPS) is 31.3. The van der Waals surface area contributed by atoms with Crippen LogP contribution in [-0.4, -0.2) is 77.3 Å². The lowest BCUT2D eigenvalue weighted by Crippen LogP contribution is -2.34. The quantitative estimate of drug-likeness (QED) is 0.306. The second-order valence-electron chi connectivity index (χ2n) is 6.84. The first-order valence-electron chi connectivity index (χ1n) is 9.01. The fraction of sp³-hybridized carbons (Fsp3) is 0.643. The third-order valence-corrected chi connectivity index (χ3v) is 5.92. The van der Waals surface area contributed by atoms with Crippen molar-refractivity contribution >= 4 is 24.8 Å². The maximum atomic E-state index is 12.2. The van der Waals surface area contributed by atoms with E-state index in [1.165, 1.54) is 17.2 Å². The Morgan fingerprint density at radius 3 is 2.90 bits per heavy atom. The van der Waals surface area contributed by atoms with Crippen molar-refractivity contribution in [2.45, 2.75) is 43.6 Å². The number of aromatic nitrogens is 4. The molecule has 4 rings (SSSR count). The van der Waals surface area contributed by atoms with Gasteiger partial charge in [-0.1, -0.05) is 0 Å². The van der Waals surface area contributed by atoms with Gasteiger partial charge in [0, 0.05) is 6.54 Å². The Labute approximate surface area is 169 Å². The van der Waals surface area contributed by atoms with Gasteiger partial charge in [0.25, 0.3) is 0 Å². The number of ether oxygens (including phenoxy) is 1. The molecule has 0 aliphatic carbocycles. The maximum Gasteiger partial charge on any atom is 0.474 e. The first-order valence-corrected chi connectivity index (χ1v) is 10.5. The number of phosphoric ester groups is 1. The van der Waals surface area contributed by atoms with Gasteiger partial charge in [-0.15, -0.1) is 4.91 Å². The summed E-state index contributed by atoms with van der Waals surface area (Å²) in [5, 5.41) is 24.4. The van der Waals surface area contributed by atoms with Gasteiger partial charge in [-0.05, 0) is 12.8 Å². The largest absolute Gasteiger partial charge is 0.474 e. The Morgan fingerprint density at radius 1 is 1.33 bits per heavy atom. The molecule has 0 saturated carbocycles.